The van der Waals surface area contributed by atoms with Crippen LogP contribution < -0.4 is 10.2 Å². The van der Waals surface area contributed by atoms with Gasteiger partial charge in [-0.3, -0.25) is 9.78 Å². The van der Waals surface area contributed by atoms with Gasteiger partial charge in [-0.1, -0.05) is 11.3 Å². The third-order valence-electron chi connectivity index (χ3n) is 1.96. The van der Waals surface area contributed by atoms with Gasteiger partial charge in [0.1, 0.15) is 0 Å². The quantitative estimate of drug-likeness (QED) is 0.813. The van der Waals surface area contributed by atoms with E-state index in [2.05, 4.69) is 15.3 Å². The second-order valence-corrected chi connectivity index (χ2v) is 3.97. The zero-order valence-electron chi connectivity index (χ0n) is 8.06. The standard InChI is InChI=1S/C10H11N3OS/c14-10-13-9(7-15-10)6-12-5-8-1-3-11-4-2-8/h1-4,7,12H,5-6H2,(H,13,14). The number of thiazole rings is 1. The van der Waals surface area contributed by atoms with Crippen LogP contribution in [0.3, 0.4) is 0 Å². The van der Waals surface area contributed by atoms with Gasteiger partial charge >= 0.3 is 4.87 Å². The summed E-state index contributed by atoms with van der Waals surface area (Å²) in [5.74, 6) is 0. The van der Waals surface area contributed by atoms with E-state index in [9.17, 15) is 4.79 Å². The maximum atomic E-state index is 10.9. The summed E-state index contributed by atoms with van der Waals surface area (Å²) in [6.07, 6.45) is 3.53. The minimum Gasteiger partial charge on any atom is -0.315 e. The molecule has 2 aromatic rings. The van der Waals surface area contributed by atoms with Crippen molar-refractivity contribution in [2.24, 2.45) is 0 Å². The van der Waals surface area contributed by atoms with Gasteiger partial charge in [-0.05, 0) is 17.7 Å². The van der Waals surface area contributed by atoms with Crippen LogP contribution in [-0.2, 0) is 13.1 Å². The number of aromatic nitrogens is 2. The molecule has 0 atom stereocenters. The van der Waals surface area contributed by atoms with Gasteiger partial charge in [0.15, 0.2) is 0 Å². The van der Waals surface area contributed by atoms with Crippen LogP contribution in [0.25, 0.3) is 0 Å². The van der Waals surface area contributed by atoms with Crippen LogP contribution in [0.4, 0.5) is 0 Å². The fourth-order valence-corrected chi connectivity index (χ4v) is 1.82. The van der Waals surface area contributed by atoms with Crippen molar-refractivity contribution in [1.82, 2.24) is 15.3 Å². The number of hydrogen-bond acceptors (Lipinski definition) is 4. The van der Waals surface area contributed by atoms with E-state index in [0.717, 1.165) is 12.2 Å². The number of aromatic amines is 1. The van der Waals surface area contributed by atoms with Crippen LogP contribution in [0.2, 0.25) is 0 Å². The van der Waals surface area contributed by atoms with Crippen LogP contribution in [0.1, 0.15) is 11.3 Å². The van der Waals surface area contributed by atoms with Gasteiger partial charge in [0.25, 0.3) is 0 Å². The van der Waals surface area contributed by atoms with E-state index < -0.39 is 0 Å². The first kappa shape index (κ1) is 10.1. The lowest BCUT2D eigenvalue weighted by atomic mass is 10.3. The van der Waals surface area contributed by atoms with Gasteiger partial charge in [0, 0.05) is 36.6 Å². The molecule has 0 bridgehead atoms. The number of nitrogens with zero attached hydrogens (tertiary/aromatic N) is 1. The molecule has 5 heteroatoms. The molecule has 0 saturated heterocycles. The number of pyridine rings is 1. The Morgan fingerprint density at radius 3 is 2.80 bits per heavy atom. The minimum atomic E-state index is -0.00397. The molecule has 2 rings (SSSR count). The average molecular weight is 221 g/mol. The van der Waals surface area contributed by atoms with Crippen molar-refractivity contribution in [3.8, 4) is 0 Å². The maximum absolute atomic E-state index is 10.9. The summed E-state index contributed by atoms with van der Waals surface area (Å²) in [5, 5.41) is 5.08. The zero-order valence-corrected chi connectivity index (χ0v) is 8.88. The van der Waals surface area contributed by atoms with Gasteiger partial charge < -0.3 is 10.3 Å². The van der Waals surface area contributed by atoms with Crippen LogP contribution in [0.15, 0.2) is 34.7 Å². The smallest absolute Gasteiger partial charge is 0.304 e. The fraction of sp³-hybridized carbons (Fsp3) is 0.200. The van der Waals surface area contributed by atoms with Crippen molar-refractivity contribution in [3.05, 3.63) is 50.8 Å². The summed E-state index contributed by atoms with van der Waals surface area (Å²) in [5.41, 5.74) is 2.11. The van der Waals surface area contributed by atoms with Crippen LogP contribution in [0.5, 0.6) is 0 Å². The molecular formula is C10H11N3OS. The molecule has 0 radical (unpaired) electrons. The lowest BCUT2D eigenvalue weighted by Crippen LogP contribution is -2.13. The van der Waals surface area contributed by atoms with Crippen molar-refractivity contribution in [1.29, 1.82) is 0 Å². The summed E-state index contributed by atoms with van der Waals surface area (Å²) in [6.45, 7) is 1.46. The van der Waals surface area contributed by atoms with E-state index in [1.165, 1.54) is 16.9 Å². The molecule has 0 spiro atoms. The Kier molecular flexibility index (Phi) is 3.26. The van der Waals surface area contributed by atoms with Crippen LogP contribution in [0, 0.1) is 0 Å². The van der Waals surface area contributed by atoms with E-state index >= 15 is 0 Å². The van der Waals surface area contributed by atoms with Crippen LogP contribution in [-0.4, -0.2) is 9.97 Å². The lowest BCUT2D eigenvalue weighted by Gasteiger charge is -2.02. The van der Waals surface area contributed by atoms with Gasteiger partial charge in [-0.2, -0.15) is 0 Å². The highest BCUT2D eigenvalue weighted by molar-refractivity contribution is 7.07. The third kappa shape index (κ3) is 3.00. The first-order valence-electron chi connectivity index (χ1n) is 4.61. The molecule has 0 fully saturated rings. The highest BCUT2D eigenvalue weighted by atomic mass is 32.1. The third-order valence-corrected chi connectivity index (χ3v) is 2.68. The van der Waals surface area contributed by atoms with Gasteiger partial charge in [-0.25, -0.2) is 0 Å². The van der Waals surface area contributed by atoms with Gasteiger partial charge in [0.05, 0.1) is 0 Å². The highest BCUT2D eigenvalue weighted by Gasteiger charge is 1.96. The number of hydrogen-bond donors (Lipinski definition) is 2. The van der Waals surface area contributed by atoms with Crippen molar-refractivity contribution >= 4 is 11.3 Å². The van der Waals surface area contributed by atoms with E-state index in [0.29, 0.717) is 6.54 Å². The van der Waals surface area contributed by atoms with Crippen molar-refractivity contribution in [3.63, 3.8) is 0 Å². The first-order valence-corrected chi connectivity index (χ1v) is 5.49. The predicted molar refractivity (Wildman–Crippen MR) is 59.7 cm³/mol. The van der Waals surface area contributed by atoms with E-state index in [4.69, 9.17) is 0 Å². The average Bonchev–Trinajstić information content (AvgIpc) is 2.66. The topological polar surface area (TPSA) is 57.8 Å². The SMILES string of the molecule is O=c1[nH]c(CNCc2ccncc2)cs1. The second kappa shape index (κ2) is 4.86. The largest absolute Gasteiger partial charge is 0.315 e. The van der Waals surface area contributed by atoms with Crippen molar-refractivity contribution in [2.75, 3.05) is 0 Å². The molecular weight excluding hydrogens is 210 g/mol. The number of nitrogens with one attached hydrogen (secondary N) is 2. The molecule has 4 nitrogen and oxygen atoms in total. The first-order chi connectivity index (χ1) is 7.34. The summed E-state index contributed by atoms with van der Waals surface area (Å²) >= 11 is 1.19. The summed E-state index contributed by atoms with van der Waals surface area (Å²) < 4.78 is 0. The summed E-state index contributed by atoms with van der Waals surface area (Å²) in [6, 6.07) is 3.92. The molecule has 2 heterocycles. The molecule has 2 N–H and O–H groups in total. The van der Waals surface area contributed by atoms with E-state index in [1.807, 2.05) is 17.5 Å². The highest BCUT2D eigenvalue weighted by Crippen LogP contribution is 1.98. The molecule has 0 amide bonds. The minimum absolute atomic E-state index is 0.00397. The molecule has 0 aromatic carbocycles. The van der Waals surface area contributed by atoms with Gasteiger partial charge in [-0.15, -0.1) is 0 Å². The maximum Gasteiger partial charge on any atom is 0.304 e. The lowest BCUT2D eigenvalue weighted by molar-refractivity contribution is 0.681. The fourth-order valence-electron chi connectivity index (χ4n) is 1.24. The van der Waals surface area contributed by atoms with E-state index in [-0.39, 0.29) is 4.87 Å². The molecule has 0 unspecified atom stereocenters. The molecule has 15 heavy (non-hydrogen) atoms. The molecule has 0 saturated carbocycles. The molecule has 0 aliphatic carbocycles. The Morgan fingerprint density at radius 2 is 2.13 bits per heavy atom. The Balaban J connectivity index is 1.83. The Morgan fingerprint density at radius 1 is 1.33 bits per heavy atom. The monoisotopic (exact) mass is 221 g/mol. The molecule has 78 valence electrons. The van der Waals surface area contributed by atoms with Crippen molar-refractivity contribution < 1.29 is 0 Å². The zero-order chi connectivity index (χ0) is 10.5. The Hall–Kier alpha value is -1.46. The van der Waals surface area contributed by atoms with Gasteiger partial charge in [0.2, 0.25) is 0 Å². The molecule has 0 aliphatic rings. The van der Waals surface area contributed by atoms with Crippen LogP contribution >= 0.6 is 11.3 Å². The van der Waals surface area contributed by atoms with E-state index in [1.54, 1.807) is 12.4 Å². The number of rotatable bonds is 4. The predicted octanol–water partition coefficient (Wildman–Crippen LogP) is 1.12. The molecule has 2 aromatic heterocycles. The summed E-state index contributed by atoms with van der Waals surface area (Å²) in [7, 11) is 0. The Labute approximate surface area is 91.0 Å². The Bertz CT molecular complexity index is 463. The second-order valence-electron chi connectivity index (χ2n) is 3.13. The normalized spacial score (nSPS) is 10.4. The van der Waals surface area contributed by atoms with Crippen molar-refractivity contribution in [2.45, 2.75) is 13.1 Å². The summed E-state index contributed by atoms with van der Waals surface area (Å²) in [4.78, 5) is 17.5. The number of H-pyrrole nitrogens is 1. The molecule has 0 aliphatic heterocycles.